The highest BCUT2D eigenvalue weighted by Crippen LogP contribution is 2.33. The second-order valence-corrected chi connectivity index (χ2v) is 11.2. The first-order valence-corrected chi connectivity index (χ1v) is 12.9. The van der Waals surface area contributed by atoms with Gasteiger partial charge >= 0.3 is 0 Å². The largest absolute Gasteiger partial charge is 0.320 e. The predicted molar refractivity (Wildman–Crippen MR) is 126 cm³/mol. The van der Waals surface area contributed by atoms with Crippen LogP contribution in [0.15, 0.2) is 47.4 Å². The quantitative estimate of drug-likeness (QED) is 0.563. The minimum atomic E-state index is -3.60. The van der Waals surface area contributed by atoms with Gasteiger partial charge in [0.1, 0.15) is 5.01 Å². The summed E-state index contributed by atoms with van der Waals surface area (Å²) >= 11 is 7.07. The second kappa shape index (κ2) is 9.27. The van der Waals surface area contributed by atoms with Crippen LogP contribution in [0.5, 0.6) is 0 Å². The van der Waals surface area contributed by atoms with Gasteiger partial charge in [-0.05, 0) is 62.6 Å². The smallest absolute Gasteiger partial charge is 0.286 e. The van der Waals surface area contributed by atoms with E-state index < -0.39 is 10.0 Å². The summed E-state index contributed by atoms with van der Waals surface area (Å²) in [7, 11) is -3.60. The van der Waals surface area contributed by atoms with Crippen molar-refractivity contribution in [1.82, 2.24) is 14.5 Å². The number of piperidine rings is 1. The molecule has 1 fully saturated rings. The van der Waals surface area contributed by atoms with Crippen molar-refractivity contribution in [3.8, 4) is 0 Å². The number of aromatic nitrogens is 2. The summed E-state index contributed by atoms with van der Waals surface area (Å²) in [5.41, 5.74) is 2.37. The third kappa shape index (κ3) is 4.85. The van der Waals surface area contributed by atoms with Gasteiger partial charge in [0.25, 0.3) is 5.91 Å². The standard InChI is InChI=1S/C22H23ClN4O3S2/c1-14-5-10-19(15(2)12-14)32(29,30)27-11-3-4-16(13-27)21-25-26-22(31-21)20(28)24-18-8-6-17(23)7-9-18/h5-10,12,16H,3-4,11,13H2,1-2H3,(H,24,28). The normalized spacial score (nSPS) is 17.3. The van der Waals surface area contributed by atoms with Crippen LogP contribution in [0.1, 0.15) is 44.7 Å². The number of carbonyl (C=O) groups is 1. The first-order chi connectivity index (χ1) is 15.2. The van der Waals surface area contributed by atoms with E-state index in [1.807, 2.05) is 26.0 Å². The zero-order valence-electron chi connectivity index (χ0n) is 17.7. The summed E-state index contributed by atoms with van der Waals surface area (Å²) in [6, 6.07) is 12.2. The van der Waals surface area contributed by atoms with E-state index in [4.69, 9.17) is 11.6 Å². The Bertz CT molecular complexity index is 1240. The number of hydrogen-bond donors (Lipinski definition) is 1. The molecule has 0 saturated carbocycles. The minimum Gasteiger partial charge on any atom is -0.320 e. The number of amides is 1. The van der Waals surface area contributed by atoms with E-state index in [-0.39, 0.29) is 16.8 Å². The number of sulfonamides is 1. The van der Waals surface area contributed by atoms with Gasteiger partial charge in [-0.25, -0.2) is 8.42 Å². The number of aryl methyl sites for hydroxylation is 2. The van der Waals surface area contributed by atoms with Gasteiger partial charge < -0.3 is 5.32 Å². The average molecular weight is 491 g/mol. The van der Waals surface area contributed by atoms with Crippen LogP contribution in [0.4, 0.5) is 5.69 Å². The van der Waals surface area contributed by atoms with E-state index in [2.05, 4.69) is 15.5 Å². The molecule has 0 bridgehead atoms. The maximum Gasteiger partial charge on any atom is 0.286 e. The van der Waals surface area contributed by atoms with E-state index in [9.17, 15) is 13.2 Å². The number of carbonyl (C=O) groups excluding carboxylic acids is 1. The first kappa shape index (κ1) is 22.8. The molecular weight excluding hydrogens is 468 g/mol. The molecular formula is C22H23ClN4O3S2. The minimum absolute atomic E-state index is 0.0983. The third-order valence-electron chi connectivity index (χ3n) is 5.42. The molecule has 7 nitrogen and oxygen atoms in total. The topological polar surface area (TPSA) is 92.3 Å². The van der Waals surface area contributed by atoms with Crippen LogP contribution >= 0.6 is 22.9 Å². The van der Waals surface area contributed by atoms with Crippen molar-refractivity contribution in [2.75, 3.05) is 18.4 Å². The van der Waals surface area contributed by atoms with Crippen molar-refractivity contribution in [2.45, 2.75) is 37.5 Å². The Balaban J connectivity index is 1.48. The summed E-state index contributed by atoms with van der Waals surface area (Å²) in [5, 5.41) is 12.5. The number of anilines is 1. The van der Waals surface area contributed by atoms with Crippen molar-refractivity contribution in [2.24, 2.45) is 0 Å². The molecule has 1 aromatic heterocycles. The fraction of sp³-hybridized carbons (Fsp3) is 0.318. The first-order valence-electron chi connectivity index (χ1n) is 10.2. The highest BCUT2D eigenvalue weighted by Gasteiger charge is 2.33. The Morgan fingerprint density at radius 1 is 1.16 bits per heavy atom. The number of nitrogens with one attached hydrogen (secondary N) is 1. The molecule has 1 amide bonds. The van der Waals surface area contributed by atoms with Gasteiger partial charge in [0.15, 0.2) is 0 Å². The molecule has 1 N–H and O–H groups in total. The molecule has 168 valence electrons. The molecule has 0 radical (unpaired) electrons. The fourth-order valence-corrected chi connectivity index (χ4v) is 6.52. The van der Waals surface area contributed by atoms with Crippen LogP contribution in [0.2, 0.25) is 5.02 Å². The molecule has 1 aliphatic heterocycles. The van der Waals surface area contributed by atoms with Gasteiger partial charge in [-0.1, -0.05) is 40.6 Å². The number of halogens is 1. The molecule has 2 aromatic carbocycles. The van der Waals surface area contributed by atoms with Crippen LogP contribution in [0, 0.1) is 13.8 Å². The van der Waals surface area contributed by atoms with Crippen molar-refractivity contribution in [3.05, 3.63) is 68.6 Å². The Morgan fingerprint density at radius 3 is 2.62 bits per heavy atom. The molecule has 2 heterocycles. The molecule has 4 rings (SSSR count). The van der Waals surface area contributed by atoms with Gasteiger partial charge in [-0.3, -0.25) is 4.79 Å². The number of hydrogen-bond acceptors (Lipinski definition) is 6. The van der Waals surface area contributed by atoms with E-state index in [1.54, 1.807) is 30.3 Å². The van der Waals surface area contributed by atoms with Crippen LogP contribution in [-0.4, -0.2) is 41.9 Å². The highest BCUT2D eigenvalue weighted by molar-refractivity contribution is 7.89. The molecule has 1 atom stereocenters. The number of nitrogens with zero attached hydrogens (tertiary/aromatic N) is 3. The Hall–Kier alpha value is -2.33. The van der Waals surface area contributed by atoms with Gasteiger partial charge in [0, 0.05) is 29.7 Å². The molecule has 0 aliphatic carbocycles. The van der Waals surface area contributed by atoms with Crippen LogP contribution in [0.25, 0.3) is 0 Å². The second-order valence-electron chi connectivity index (χ2n) is 7.88. The lowest BCUT2D eigenvalue weighted by Gasteiger charge is -2.31. The molecule has 1 unspecified atom stereocenters. The third-order valence-corrected chi connectivity index (χ3v) is 8.78. The summed E-state index contributed by atoms with van der Waals surface area (Å²) in [6.07, 6.45) is 1.52. The zero-order valence-corrected chi connectivity index (χ0v) is 20.1. The Labute approximate surface area is 196 Å². The zero-order chi connectivity index (χ0) is 22.9. The molecule has 1 aliphatic rings. The lowest BCUT2D eigenvalue weighted by Crippen LogP contribution is -2.39. The maximum absolute atomic E-state index is 13.3. The lowest BCUT2D eigenvalue weighted by atomic mass is 10.0. The van der Waals surface area contributed by atoms with Crippen molar-refractivity contribution < 1.29 is 13.2 Å². The summed E-state index contributed by atoms with van der Waals surface area (Å²) in [5.74, 6) is -0.453. The number of rotatable bonds is 5. The molecule has 32 heavy (non-hydrogen) atoms. The van der Waals surface area contributed by atoms with Crippen molar-refractivity contribution in [3.63, 3.8) is 0 Å². The van der Waals surface area contributed by atoms with Crippen LogP contribution in [-0.2, 0) is 10.0 Å². The van der Waals surface area contributed by atoms with Crippen LogP contribution < -0.4 is 5.32 Å². The summed E-state index contributed by atoms with van der Waals surface area (Å²) < 4.78 is 28.0. The highest BCUT2D eigenvalue weighted by atomic mass is 35.5. The maximum atomic E-state index is 13.3. The van der Waals surface area contributed by atoms with E-state index in [0.29, 0.717) is 33.7 Å². The van der Waals surface area contributed by atoms with Gasteiger partial charge in [-0.2, -0.15) is 4.31 Å². The SMILES string of the molecule is Cc1ccc(S(=O)(=O)N2CCCC(c3nnc(C(=O)Nc4ccc(Cl)cc4)s3)C2)c(C)c1. The summed E-state index contributed by atoms with van der Waals surface area (Å²) in [6.45, 7) is 4.55. The van der Waals surface area contributed by atoms with E-state index in [1.165, 1.54) is 15.6 Å². The van der Waals surface area contributed by atoms with Crippen molar-refractivity contribution >= 4 is 44.6 Å². The Kier molecular flexibility index (Phi) is 6.62. The fourth-order valence-electron chi connectivity index (χ4n) is 3.80. The van der Waals surface area contributed by atoms with E-state index in [0.717, 1.165) is 24.0 Å². The predicted octanol–water partition coefficient (Wildman–Crippen LogP) is 4.63. The monoisotopic (exact) mass is 490 g/mol. The molecule has 0 spiro atoms. The van der Waals surface area contributed by atoms with Crippen molar-refractivity contribution in [1.29, 1.82) is 0 Å². The van der Waals surface area contributed by atoms with Gasteiger partial charge in [-0.15, -0.1) is 10.2 Å². The van der Waals surface area contributed by atoms with E-state index >= 15 is 0 Å². The Morgan fingerprint density at radius 2 is 1.91 bits per heavy atom. The average Bonchev–Trinajstić information content (AvgIpc) is 3.26. The molecule has 3 aromatic rings. The van der Waals surface area contributed by atoms with Gasteiger partial charge in [0.05, 0.1) is 4.90 Å². The lowest BCUT2D eigenvalue weighted by molar-refractivity contribution is 0.102. The van der Waals surface area contributed by atoms with Crippen LogP contribution in [0.3, 0.4) is 0 Å². The van der Waals surface area contributed by atoms with Gasteiger partial charge in [0.2, 0.25) is 15.0 Å². The number of benzene rings is 2. The molecule has 10 heteroatoms. The molecule has 1 saturated heterocycles. The summed E-state index contributed by atoms with van der Waals surface area (Å²) in [4.78, 5) is 12.9.